The van der Waals surface area contributed by atoms with Gasteiger partial charge in [-0.15, -0.1) is 0 Å². The lowest BCUT2D eigenvalue weighted by atomic mass is 10.0. The highest BCUT2D eigenvalue weighted by atomic mass is 14.9. The molecule has 4 aromatic heterocycles. The Morgan fingerprint density at radius 1 is 0.412 bits per heavy atom. The fourth-order valence-electron chi connectivity index (χ4n) is 6.51. The third kappa shape index (κ3) is 1.79. The van der Waals surface area contributed by atoms with Crippen molar-refractivity contribution in [3.8, 4) is 11.1 Å². The second kappa shape index (κ2) is 5.67. The van der Waals surface area contributed by atoms with Gasteiger partial charge in [-0.3, -0.25) is 0 Å². The average Bonchev–Trinajstić information content (AvgIpc) is 3.62. The number of aromatic nitrogens is 2. The van der Waals surface area contributed by atoms with Crippen molar-refractivity contribution in [2.45, 2.75) is 0 Å². The Morgan fingerprint density at radius 2 is 1.06 bits per heavy atom. The van der Waals surface area contributed by atoms with Gasteiger partial charge in [0, 0.05) is 49.5 Å². The summed E-state index contributed by atoms with van der Waals surface area (Å²) in [4.78, 5) is 0. The Hall–Kier alpha value is -4.56. The minimum atomic E-state index is 1.26. The van der Waals surface area contributed by atoms with Crippen molar-refractivity contribution >= 4 is 65.3 Å². The Labute approximate surface area is 194 Å². The first kappa shape index (κ1) is 17.0. The number of hydrogen-bond acceptors (Lipinski definition) is 0. The standard InChI is InChI=1S/C32H18N2/c1-2-8-19(9-3-1)25-18-33-27-16-17-28-30(29(27)23-13-7-12-22(25)31(23)33)24-14-6-11-21-20-10-4-5-15-26(20)34(28)32(21)24/h1-18H. The van der Waals surface area contributed by atoms with Crippen molar-refractivity contribution in [1.82, 2.24) is 8.80 Å². The van der Waals surface area contributed by atoms with E-state index in [2.05, 4.69) is 118 Å². The van der Waals surface area contributed by atoms with Gasteiger partial charge in [-0.25, -0.2) is 0 Å². The molecule has 2 heteroatoms. The van der Waals surface area contributed by atoms with Crippen molar-refractivity contribution in [2.75, 3.05) is 0 Å². The molecule has 0 aliphatic rings. The van der Waals surface area contributed by atoms with Crippen LogP contribution in [0, 0.1) is 0 Å². The van der Waals surface area contributed by atoms with Crippen LogP contribution >= 0.6 is 0 Å². The molecule has 0 atom stereocenters. The predicted octanol–water partition coefficient (Wildman–Crippen LogP) is 8.50. The lowest BCUT2D eigenvalue weighted by Gasteiger charge is -2.02. The largest absolute Gasteiger partial charge is 0.315 e. The van der Waals surface area contributed by atoms with E-state index in [0.717, 1.165) is 0 Å². The van der Waals surface area contributed by atoms with E-state index in [1.807, 2.05) is 0 Å². The van der Waals surface area contributed by atoms with E-state index in [-0.39, 0.29) is 0 Å². The molecule has 0 saturated heterocycles. The number of fused-ring (bicyclic) bond motifs is 10. The van der Waals surface area contributed by atoms with E-state index in [4.69, 9.17) is 0 Å². The molecule has 0 fully saturated rings. The molecule has 0 N–H and O–H groups in total. The minimum absolute atomic E-state index is 1.26. The summed E-state index contributed by atoms with van der Waals surface area (Å²) < 4.78 is 4.88. The van der Waals surface area contributed by atoms with Crippen molar-refractivity contribution in [1.29, 1.82) is 0 Å². The topological polar surface area (TPSA) is 8.82 Å². The molecule has 156 valence electrons. The molecule has 0 saturated carbocycles. The van der Waals surface area contributed by atoms with Gasteiger partial charge >= 0.3 is 0 Å². The molecule has 0 amide bonds. The summed E-state index contributed by atoms with van der Waals surface area (Å²) in [6.45, 7) is 0. The van der Waals surface area contributed by atoms with Crippen LogP contribution < -0.4 is 0 Å². The second-order valence-electron chi connectivity index (χ2n) is 9.39. The number of rotatable bonds is 1. The zero-order valence-corrected chi connectivity index (χ0v) is 18.3. The molecule has 0 radical (unpaired) electrons. The molecule has 0 aliphatic carbocycles. The van der Waals surface area contributed by atoms with Crippen LogP contribution in [0.15, 0.2) is 109 Å². The van der Waals surface area contributed by atoms with E-state index in [1.54, 1.807) is 0 Å². The van der Waals surface area contributed by atoms with Crippen LogP contribution in [-0.2, 0) is 0 Å². The summed E-state index contributed by atoms with van der Waals surface area (Å²) in [5.41, 5.74) is 9.06. The first-order valence-electron chi connectivity index (χ1n) is 11.8. The van der Waals surface area contributed by atoms with Crippen molar-refractivity contribution < 1.29 is 0 Å². The first-order valence-corrected chi connectivity index (χ1v) is 11.8. The summed E-state index contributed by atoms with van der Waals surface area (Å²) in [5.74, 6) is 0. The Balaban J connectivity index is 1.54. The number of benzene rings is 5. The van der Waals surface area contributed by atoms with Gasteiger partial charge in [-0.05, 0) is 23.8 Å². The highest BCUT2D eigenvalue weighted by Crippen LogP contribution is 2.46. The normalized spacial score (nSPS) is 12.7. The molecule has 0 unspecified atom stereocenters. The number of hydrogen-bond donors (Lipinski definition) is 0. The second-order valence-corrected chi connectivity index (χ2v) is 9.39. The molecule has 0 aliphatic heterocycles. The average molecular weight is 431 g/mol. The maximum absolute atomic E-state index is 2.47. The quantitative estimate of drug-likeness (QED) is 0.247. The van der Waals surface area contributed by atoms with Gasteiger partial charge in [0.25, 0.3) is 0 Å². The Kier molecular flexibility index (Phi) is 2.83. The van der Waals surface area contributed by atoms with Gasteiger partial charge in [0.15, 0.2) is 0 Å². The van der Waals surface area contributed by atoms with E-state index in [9.17, 15) is 0 Å². The lowest BCUT2D eigenvalue weighted by molar-refractivity contribution is 1.30. The van der Waals surface area contributed by atoms with E-state index in [0.29, 0.717) is 0 Å². The van der Waals surface area contributed by atoms with Gasteiger partial charge in [-0.2, -0.15) is 0 Å². The molecule has 4 heterocycles. The molecule has 0 bridgehead atoms. The van der Waals surface area contributed by atoms with Crippen LogP contribution in [0.25, 0.3) is 76.4 Å². The zero-order chi connectivity index (χ0) is 22.0. The zero-order valence-electron chi connectivity index (χ0n) is 18.3. The summed E-state index contributed by atoms with van der Waals surface area (Å²) in [5, 5.41) is 9.37. The van der Waals surface area contributed by atoms with Crippen molar-refractivity contribution in [2.24, 2.45) is 0 Å². The molecule has 9 rings (SSSR count). The molecule has 5 aromatic carbocycles. The van der Waals surface area contributed by atoms with Gasteiger partial charge in [-0.1, -0.05) is 84.9 Å². The molecular formula is C32H18N2. The Morgan fingerprint density at radius 3 is 1.94 bits per heavy atom. The molecule has 34 heavy (non-hydrogen) atoms. The van der Waals surface area contributed by atoms with Crippen LogP contribution in [0.3, 0.4) is 0 Å². The van der Waals surface area contributed by atoms with Crippen molar-refractivity contribution in [3.05, 3.63) is 109 Å². The lowest BCUT2D eigenvalue weighted by Crippen LogP contribution is -1.82. The maximum atomic E-state index is 2.47. The highest BCUT2D eigenvalue weighted by molar-refractivity contribution is 6.34. The predicted molar refractivity (Wildman–Crippen MR) is 144 cm³/mol. The SMILES string of the molecule is c1ccc(-c2cn3c4ccc5c(c6cccc7c8ccccc8n5c76)c4c4cccc2c43)cc1. The molecule has 2 nitrogen and oxygen atoms in total. The number of nitrogens with zero attached hydrogens (tertiary/aromatic N) is 2. The smallest absolute Gasteiger partial charge is 0.0620 e. The summed E-state index contributed by atoms with van der Waals surface area (Å²) in [7, 11) is 0. The summed E-state index contributed by atoms with van der Waals surface area (Å²) in [6.07, 6.45) is 2.33. The summed E-state index contributed by atoms with van der Waals surface area (Å²) >= 11 is 0. The molecular weight excluding hydrogens is 412 g/mol. The van der Waals surface area contributed by atoms with Gasteiger partial charge in [0.2, 0.25) is 0 Å². The molecule has 9 aromatic rings. The van der Waals surface area contributed by atoms with Crippen LogP contribution in [0.4, 0.5) is 0 Å². The highest BCUT2D eigenvalue weighted by Gasteiger charge is 2.23. The third-order valence-corrected chi connectivity index (χ3v) is 7.81. The van der Waals surface area contributed by atoms with Crippen LogP contribution in [0.5, 0.6) is 0 Å². The third-order valence-electron chi connectivity index (χ3n) is 7.81. The van der Waals surface area contributed by atoms with Gasteiger partial charge < -0.3 is 8.80 Å². The van der Waals surface area contributed by atoms with Gasteiger partial charge in [0.1, 0.15) is 0 Å². The van der Waals surface area contributed by atoms with E-state index >= 15 is 0 Å². The van der Waals surface area contributed by atoms with E-state index < -0.39 is 0 Å². The summed E-state index contributed by atoms with van der Waals surface area (Å²) in [6, 6.07) is 37.7. The fourth-order valence-corrected chi connectivity index (χ4v) is 6.51. The molecule has 0 spiro atoms. The van der Waals surface area contributed by atoms with Crippen LogP contribution in [0.1, 0.15) is 0 Å². The van der Waals surface area contributed by atoms with Crippen LogP contribution in [0.2, 0.25) is 0 Å². The fraction of sp³-hybridized carbons (Fsp3) is 0. The number of para-hydroxylation sites is 3. The van der Waals surface area contributed by atoms with Crippen LogP contribution in [-0.4, -0.2) is 8.80 Å². The van der Waals surface area contributed by atoms with Crippen molar-refractivity contribution in [3.63, 3.8) is 0 Å². The first-order chi connectivity index (χ1) is 16.9. The monoisotopic (exact) mass is 430 g/mol. The van der Waals surface area contributed by atoms with Gasteiger partial charge in [0.05, 0.1) is 27.6 Å². The minimum Gasteiger partial charge on any atom is -0.315 e. The maximum Gasteiger partial charge on any atom is 0.0620 e. The van der Waals surface area contributed by atoms with E-state index in [1.165, 1.54) is 76.4 Å². The Bertz CT molecular complexity index is 2210.